The molecular weight excluding hydrogens is 220 g/mol. The highest BCUT2D eigenvalue weighted by molar-refractivity contribution is 8.14. The van der Waals surface area contributed by atoms with E-state index in [1.165, 1.54) is 17.3 Å². The molecule has 0 bridgehead atoms. The minimum absolute atomic E-state index is 0.794. The smallest absolute Gasteiger partial charge is 0.156 e. The normalized spacial score (nSPS) is 28.6. The topological polar surface area (TPSA) is 24.4 Å². The first kappa shape index (κ1) is 10.1. The van der Waals surface area contributed by atoms with E-state index in [0.29, 0.717) is 0 Å². The SMILES string of the molecule is C1CSC(NCC2CSCCS2)=N1. The van der Waals surface area contributed by atoms with Gasteiger partial charge in [0.15, 0.2) is 5.17 Å². The monoisotopic (exact) mass is 234 g/mol. The Bertz CT molecular complexity index is 190. The number of hydrogen-bond donors (Lipinski definition) is 1. The van der Waals surface area contributed by atoms with Crippen molar-refractivity contribution in [3.8, 4) is 0 Å². The number of hydrogen-bond acceptors (Lipinski definition) is 5. The second kappa shape index (κ2) is 5.41. The molecule has 0 aliphatic carbocycles. The Kier molecular flexibility index (Phi) is 4.19. The average Bonchev–Trinajstić information content (AvgIpc) is 2.69. The summed E-state index contributed by atoms with van der Waals surface area (Å²) in [6, 6.07) is 0. The van der Waals surface area contributed by atoms with Crippen LogP contribution < -0.4 is 5.32 Å². The second-order valence-electron chi connectivity index (χ2n) is 2.98. The number of rotatable bonds is 2. The highest BCUT2D eigenvalue weighted by atomic mass is 32.2. The highest BCUT2D eigenvalue weighted by Crippen LogP contribution is 2.23. The van der Waals surface area contributed by atoms with Gasteiger partial charge in [0.05, 0.1) is 6.54 Å². The van der Waals surface area contributed by atoms with Gasteiger partial charge >= 0.3 is 0 Å². The van der Waals surface area contributed by atoms with Crippen molar-refractivity contribution in [2.45, 2.75) is 5.25 Å². The highest BCUT2D eigenvalue weighted by Gasteiger charge is 2.15. The van der Waals surface area contributed by atoms with Crippen LogP contribution in [0.4, 0.5) is 0 Å². The van der Waals surface area contributed by atoms with Crippen LogP contribution in [0.3, 0.4) is 0 Å². The predicted molar refractivity (Wildman–Crippen MR) is 66.3 cm³/mol. The number of amidine groups is 1. The van der Waals surface area contributed by atoms with E-state index in [1.54, 1.807) is 0 Å². The zero-order chi connectivity index (χ0) is 8.93. The third-order valence-corrected chi connectivity index (χ3v) is 5.73. The van der Waals surface area contributed by atoms with Gasteiger partial charge in [0, 0.05) is 34.8 Å². The van der Waals surface area contributed by atoms with E-state index in [9.17, 15) is 0 Å². The minimum atomic E-state index is 0.794. The fourth-order valence-electron chi connectivity index (χ4n) is 1.30. The van der Waals surface area contributed by atoms with Crippen molar-refractivity contribution in [3.63, 3.8) is 0 Å². The second-order valence-corrected chi connectivity index (χ2v) is 6.63. The molecule has 2 rings (SSSR count). The van der Waals surface area contributed by atoms with Crippen LogP contribution in [0.25, 0.3) is 0 Å². The molecule has 1 atom stereocenters. The number of thioether (sulfide) groups is 3. The van der Waals surface area contributed by atoms with Crippen molar-refractivity contribution < 1.29 is 0 Å². The molecule has 0 spiro atoms. The van der Waals surface area contributed by atoms with Crippen molar-refractivity contribution in [3.05, 3.63) is 0 Å². The first-order chi connectivity index (χ1) is 6.45. The summed E-state index contributed by atoms with van der Waals surface area (Å²) in [7, 11) is 0. The molecule has 5 heteroatoms. The Morgan fingerprint density at radius 1 is 1.38 bits per heavy atom. The lowest BCUT2D eigenvalue weighted by atomic mass is 10.5. The summed E-state index contributed by atoms with van der Waals surface area (Å²) < 4.78 is 0. The maximum Gasteiger partial charge on any atom is 0.156 e. The summed E-state index contributed by atoms with van der Waals surface area (Å²) in [5.41, 5.74) is 0. The van der Waals surface area contributed by atoms with Gasteiger partial charge in [-0.1, -0.05) is 11.8 Å². The van der Waals surface area contributed by atoms with Gasteiger partial charge < -0.3 is 5.32 Å². The summed E-state index contributed by atoms with van der Waals surface area (Å²) in [5, 5.41) is 5.39. The zero-order valence-electron chi connectivity index (χ0n) is 7.49. The molecule has 13 heavy (non-hydrogen) atoms. The molecule has 2 heterocycles. The molecule has 0 saturated carbocycles. The summed E-state index contributed by atoms with van der Waals surface area (Å²) in [6.07, 6.45) is 0. The molecule has 0 aromatic rings. The maximum atomic E-state index is 4.37. The standard InChI is InChI=1S/C8H14N2S3/c1-2-13-8(9-1)10-5-7-6-11-3-4-12-7/h7H,1-6H2,(H,9,10). The largest absolute Gasteiger partial charge is 0.364 e. The Labute approximate surface area is 92.1 Å². The van der Waals surface area contributed by atoms with Gasteiger partial charge in [-0.05, 0) is 0 Å². The molecule has 0 amide bonds. The van der Waals surface area contributed by atoms with Crippen molar-refractivity contribution in [2.24, 2.45) is 4.99 Å². The van der Waals surface area contributed by atoms with Crippen molar-refractivity contribution in [1.82, 2.24) is 5.32 Å². The molecule has 2 aliphatic heterocycles. The zero-order valence-corrected chi connectivity index (χ0v) is 9.94. The van der Waals surface area contributed by atoms with Gasteiger partial charge in [0.25, 0.3) is 0 Å². The Morgan fingerprint density at radius 2 is 2.38 bits per heavy atom. The Balaban J connectivity index is 1.66. The number of aliphatic imine (C=N–C) groups is 1. The third kappa shape index (κ3) is 3.29. The van der Waals surface area contributed by atoms with E-state index in [-0.39, 0.29) is 0 Å². The quantitative estimate of drug-likeness (QED) is 0.783. The van der Waals surface area contributed by atoms with Crippen molar-refractivity contribution in [1.29, 1.82) is 0 Å². The van der Waals surface area contributed by atoms with Gasteiger partial charge in [-0.2, -0.15) is 23.5 Å². The first-order valence-electron chi connectivity index (χ1n) is 4.55. The number of nitrogens with one attached hydrogen (secondary N) is 1. The fraction of sp³-hybridized carbons (Fsp3) is 0.875. The number of nitrogens with zero attached hydrogens (tertiary/aromatic N) is 1. The minimum Gasteiger partial charge on any atom is -0.364 e. The van der Waals surface area contributed by atoms with E-state index in [0.717, 1.165) is 29.3 Å². The lowest BCUT2D eigenvalue weighted by molar-refractivity contribution is 0.866. The van der Waals surface area contributed by atoms with Crippen molar-refractivity contribution in [2.75, 3.05) is 36.1 Å². The average molecular weight is 234 g/mol. The molecule has 0 aromatic heterocycles. The van der Waals surface area contributed by atoms with E-state index in [1.807, 2.05) is 11.8 Å². The molecule has 74 valence electrons. The molecule has 0 aromatic carbocycles. The summed E-state index contributed by atoms with van der Waals surface area (Å²) >= 11 is 6.03. The van der Waals surface area contributed by atoms with Crippen molar-refractivity contribution >= 4 is 40.5 Å². The molecule has 1 fully saturated rings. The molecule has 2 aliphatic rings. The third-order valence-electron chi connectivity index (χ3n) is 1.95. The maximum absolute atomic E-state index is 4.37. The van der Waals surface area contributed by atoms with Gasteiger partial charge in [-0.25, -0.2) is 0 Å². The molecule has 1 unspecified atom stereocenters. The van der Waals surface area contributed by atoms with E-state index in [4.69, 9.17) is 0 Å². The molecule has 1 saturated heterocycles. The molecule has 1 N–H and O–H groups in total. The summed E-state index contributed by atoms with van der Waals surface area (Å²) in [6.45, 7) is 2.10. The van der Waals surface area contributed by atoms with Crippen LogP contribution in [0.5, 0.6) is 0 Å². The van der Waals surface area contributed by atoms with Crippen LogP contribution >= 0.6 is 35.3 Å². The molecular formula is C8H14N2S3. The van der Waals surface area contributed by atoms with Gasteiger partial charge in [-0.15, -0.1) is 0 Å². The van der Waals surface area contributed by atoms with E-state index in [2.05, 4.69) is 33.8 Å². The van der Waals surface area contributed by atoms with Crippen LogP contribution in [0, 0.1) is 0 Å². The summed E-state index contributed by atoms with van der Waals surface area (Å²) in [4.78, 5) is 4.37. The first-order valence-corrected chi connectivity index (χ1v) is 7.74. The Morgan fingerprint density at radius 3 is 3.08 bits per heavy atom. The van der Waals surface area contributed by atoms with Crippen LogP contribution in [-0.2, 0) is 0 Å². The lowest BCUT2D eigenvalue weighted by Gasteiger charge is -2.21. The van der Waals surface area contributed by atoms with Gasteiger partial charge in [0.1, 0.15) is 0 Å². The molecule has 2 nitrogen and oxygen atoms in total. The van der Waals surface area contributed by atoms with Crippen LogP contribution in [0.1, 0.15) is 0 Å². The summed E-state index contributed by atoms with van der Waals surface area (Å²) in [5.74, 6) is 5.11. The van der Waals surface area contributed by atoms with Crippen LogP contribution in [-0.4, -0.2) is 46.5 Å². The van der Waals surface area contributed by atoms with E-state index < -0.39 is 0 Å². The van der Waals surface area contributed by atoms with Crippen LogP contribution in [0.15, 0.2) is 4.99 Å². The Hall–Kier alpha value is 0.520. The lowest BCUT2D eigenvalue weighted by Crippen LogP contribution is -2.31. The van der Waals surface area contributed by atoms with Gasteiger partial charge in [0.2, 0.25) is 0 Å². The van der Waals surface area contributed by atoms with Gasteiger partial charge in [-0.3, -0.25) is 4.99 Å². The molecule has 0 radical (unpaired) electrons. The van der Waals surface area contributed by atoms with Crippen LogP contribution in [0.2, 0.25) is 0 Å². The van der Waals surface area contributed by atoms with E-state index >= 15 is 0 Å². The predicted octanol–water partition coefficient (Wildman–Crippen LogP) is 1.53. The fourth-order valence-corrected chi connectivity index (χ4v) is 4.65.